The Morgan fingerprint density at radius 3 is 2.25 bits per heavy atom. The number of hydrogen-bond donors (Lipinski definition) is 0. The normalized spacial score (nSPS) is 15.6. The number of benzene rings is 1. The minimum atomic E-state index is -0.451. The van der Waals surface area contributed by atoms with Crippen molar-refractivity contribution in [2.24, 2.45) is 0 Å². The first-order chi connectivity index (χ1) is 8.70. The quantitative estimate of drug-likeness (QED) is 0.499. The number of allylic oxidation sites excluding steroid dienone is 5. The molecule has 0 bridgehead atoms. The molecule has 0 atom stereocenters. The first kappa shape index (κ1) is 17.9. The molecule has 0 unspecified atom stereocenters. The van der Waals surface area contributed by atoms with Gasteiger partial charge in [0.2, 0.25) is 0 Å². The van der Waals surface area contributed by atoms with Crippen LogP contribution >= 0.6 is 0 Å². The molecule has 0 N–H and O–H groups in total. The van der Waals surface area contributed by atoms with Gasteiger partial charge in [-0.3, -0.25) is 0 Å². The van der Waals surface area contributed by atoms with Crippen molar-refractivity contribution < 1.29 is 45.2 Å². The largest absolute Gasteiger partial charge is 1.00 e. The summed E-state index contributed by atoms with van der Waals surface area (Å²) in [5.41, 5.74) is 5.98. The fourth-order valence-corrected chi connectivity index (χ4v) is 5.31. The zero-order chi connectivity index (χ0) is 12.7. The summed E-state index contributed by atoms with van der Waals surface area (Å²) >= 11 is 2.28. The van der Waals surface area contributed by atoms with Crippen LogP contribution in [0, 0.1) is 0 Å². The van der Waals surface area contributed by atoms with Gasteiger partial charge in [0, 0.05) is 0 Å². The van der Waals surface area contributed by atoms with Gasteiger partial charge in [-0.05, 0) is 0 Å². The van der Waals surface area contributed by atoms with E-state index in [9.17, 15) is 0 Å². The van der Waals surface area contributed by atoms with E-state index in [0.717, 1.165) is 6.42 Å². The van der Waals surface area contributed by atoms with Crippen molar-refractivity contribution in [1.29, 1.82) is 0 Å². The molecule has 2 aliphatic rings. The zero-order valence-electron chi connectivity index (χ0n) is 11.5. The van der Waals surface area contributed by atoms with Gasteiger partial charge in [0.15, 0.2) is 0 Å². The third-order valence-corrected chi connectivity index (χ3v) is 5.89. The third kappa shape index (κ3) is 2.88. The van der Waals surface area contributed by atoms with Crippen molar-refractivity contribution in [3.8, 4) is 0 Å². The second-order valence-electron chi connectivity index (χ2n) is 4.99. The van der Waals surface area contributed by atoms with Crippen LogP contribution in [0.25, 0.3) is 3.88 Å². The summed E-state index contributed by atoms with van der Waals surface area (Å²) in [6.07, 6.45) is 7.83. The Bertz CT molecular complexity index is 650. The van der Waals surface area contributed by atoms with Crippen molar-refractivity contribution in [2.45, 2.75) is 19.5 Å². The number of rotatable bonds is 1. The maximum Gasteiger partial charge on any atom is -1.00 e. The van der Waals surface area contributed by atoms with Crippen LogP contribution in [-0.2, 0) is 20.4 Å². The molecule has 1 aromatic rings. The summed E-state index contributed by atoms with van der Waals surface area (Å²) in [7, 11) is -0.451. The van der Waals surface area contributed by atoms with Crippen molar-refractivity contribution in [3.05, 3.63) is 64.8 Å². The molecule has 0 saturated heterocycles. The fourth-order valence-electron chi connectivity index (χ4n) is 2.79. The van der Waals surface area contributed by atoms with Crippen molar-refractivity contribution in [3.63, 3.8) is 0 Å². The molecule has 3 rings (SSSR count). The van der Waals surface area contributed by atoms with Gasteiger partial charge in [-0.1, -0.05) is 0 Å². The van der Waals surface area contributed by atoms with Crippen LogP contribution in [0.5, 0.6) is 0 Å². The van der Waals surface area contributed by atoms with E-state index >= 15 is 0 Å². The Kier molecular flexibility index (Phi) is 6.43. The molecule has 0 saturated carbocycles. The molecule has 0 spiro atoms. The van der Waals surface area contributed by atoms with Gasteiger partial charge in [0.25, 0.3) is 0 Å². The topological polar surface area (TPSA) is 0 Å². The van der Waals surface area contributed by atoms with Gasteiger partial charge >= 0.3 is 122 Å². The van der Waals surface area contributed by atoms with Crippen LogP contribution in [0.1, 0.15) is 17.5 Å². The molecular formula is C16H15Cl2SiTi. The Labute approximate surface area is 146 Å². The molecule has 0 fully saturated rings. The van der Waals surface area contributed by atoms with E-state index in [1.165, 1.54) is 20.6 Å². The van der Waals surface area contributed by atoms with Gasteiger partial charge in [-0.2, -0.15) is 0 Å². The molecule has 20 heavy (non-hydrogen) atoms. The summed E-state index contributed by atoms with van der Waals surface area (Å²) in [6.45, 7) is 4.80. The summed E-state index contributed by atoms with van der Waals surface area (Å²) in [6, 6.07) is 8.89. The van der Waals surface area contributed by atoms with Gasteiger partial charge in [-0.15, -0.1) is 0 Å². The minimum Gasteiger partial charge on any atom is -1.00 e. The zero-order valence-corrected chi connectivity index (χ0v) is 15.6. The molecule has 0 aromatic heterocycles. The second-order valence-corrected chi connectivity index (χ2v) is 8.28. The Hall–Kier alpha value is -0.179. The monoisotopic (exact) mass is 353 g/mol. The second kappa shape index (κ2) is 7.20. The van der Waals surface area contributed by atoms with Crippen LogP contribution in [0.15, 0.2) is 53.6 Å². The molecule has 2 aliphatic carbocycles. The van der Waals surface area contributed by atoms with E-state index in [0.29, 0.717) is 0 Å². The molecule has 0 nitrogen and oxygen atoms in total. The predicted molar refractivity (Wildman–Crippen MR) is 76.8 cm³/mol. The van der Waals surface area contributed by atoms with Crippen LogP contribution in [0.2, 0.25) is 13.1 Å². The maximum atomic E-state index is 2.40. The van der Waals surface area contributed by atoms with Crippen LogP contribution < -0.4 is 24.8 Å². The molecule has 101 valence electrons. The summed E-state index contributed by atoms with van der Waals surface area (Å²) in [5.74, 6) is 0. The first-order valence-corrected chi connectivity index (χ1v) is 9.58. The first-order valence-electron chi connectivity index (χ1n) is 6.29. The summed E-state index contributed by atoms with van der Waals surface area (Å²) in [4.78, 5) is 0. The van der Waals surface area contributed by atoms with Crippen LogP contribution in [0.3, 0.4) is 0 Å². The average molecular weight is 354 g/mol. The maximum absolute atomic E-state index is 2.40. The molecule has 0 amide bonds. The van der Waals surface area contributed by atoms with E-state index in [2.05, 4.69) is 76.0 Å². The summed E-state index contributed by atoms with van der Waals surface area (Å²) < 4.78 is 1.47. The molecule has 0 heterocycles. The molecule has 0 aliphatic heterocycles. The standard InChI is InChI=1S/C16H15Si.2ClH.Ti/c1-17(2)16-14-10-6-5-9-13(14)11-15(16)12-7-3-4-8-12;;;/h3-7,9-10H,8H2,1-2H3;2*1H;/q;;;+2/p-2. The molecular weight excluding hydrogens is 339 g/mol. The van der Waals surface area contributed by atoms with E-state index in [1.807, 2.05) is 0 Å². The van der Waals surface area contributed by atoms with Crippen LogP contribution in [0.4, 0.5) is 0 Å². The third-order valence-electron chi connectivity index (χ3n) is 3.56. The number of halogens is 2. The van der Waals surface area contributed by atoms with Crippen molar-refractivity contribution >= 4 is 17.5 Å². The average Bonchev–Trinajstić information content (AvgIpc) is 2.96. The molecule has 4 heteroatoms. The number of hydrogen-bond acceptors (Lipinski definition) is 0. The molecule has 0 radical (unpaired) electrons. The van der Waals surface area contributed by atoms with Crippen molar-refractivity contribution in [1.82, 2.24) is 0 Å². The Morgan fingerprint density at radius 2 is 1.70 bits per heavy atom. The summed E-state index contributed by atoms with van der Waals surface area (Å²) in [5, 5.41) is 1.63. The molecule has 1 aromatic carbocycles. The van der Waals surface area contributed by atoms with Gasteiger partial charge in [-0.25, -0.2) is 0 Å². The van der Waals surface area contributed by atoms with E-state index < -0.39 is 8.41 Å². The van der Waals surface area contributed by atoms with Gasteiger partial charge < -0.3 is 24.8 Å². The van der Waals surface area contributed by atoms with Gasteiger partial charge in [0.05, 0.1) is 0 Å². The van der Waals surface area contributed by atoms with E-state index in [-0.39, 0.29) is 24.8 Å². The predicted octanol–water partition coefficient (Wildman–Crippen LogP) is -2.29. The van der Waals surface area contributed by atoms with Crippen molar-refractivity contribution in [2.75, 3.05) is 0 Å². The van der Waals surface area contributed by atoms with E-state index in [1.54, 1.807) is 10.7 Å². The van der Waals surface area contributed by atoms with Crippen LogP contribution in [-0.4, -0.2) is 13.6 Å². The smallest absolute Gasteiger partial charge is 1.00 e. The van der Waals surface area contributed by atoms with E-state index in [4.69, 9.17) is 0 Å². The minimum absolute atomic E-state index is 0. The van der Waals surface area contributed by atoms with Gasteiger partial charge in [0.1, 0.15) is 0 Å². The number of fused-ring (bicyclic) bond motifs is 1. The Balaban J connectivity index is 0.000001000. The fraction of sp³-hybridized carbons (Fsp3) is 0.188. The SMILES string of the molecule is C[Si](C)=C1C(C2=CC=CC2)=[C]([Ti+2])c2ccccc21.[Cl-].[Cl-]. The Morgan fingerprint density at radius 1 is 1.05 bits per heavy atom.